The normalized spacial score (nSPS) is 35.5. The van der Waals surface area contributed by atoms with Crippen LogP contribution in [0.15, 0.2) is 59.7 Å². The molecule has 1 aromatic heterocycles. The maximum atomic E-state index is 13.3. The van der Waals surface area contributed by atoms with E-state index in [1.807, 2.05) is 57.5 Å². The maximum Gasteiger partial charge on any atom is 0.411 e. The molecule has 4 aliphatic heterocycles. The summed E-state index contributed by atoms with van der Waals surface area (Å²) in [6, 6.07) is 17.4. The predicted octanol–water partition coefficient (Wildman–Crippen LogP) is 7.89. The lowest BCUT2D eigenvalue weighted by molar-refractivity contribution is 0.0173. The number of carbonyl (C=O) groups excluding carboxylic acids is 2. The van der Waals surface area contributed by atoms with Crippen molar-refractivity contribution in [3.63, 3.8) is 0 Å². The van der Waals surface area contributed by atoms with E-state index < -0.39 is 11.2 Å². The zero-order chi connectivity index (χ0) is 36.0. The van der Waals surface area contributed by atoms with Crippen LogP contribution < -0.4 is 5.32 Å². The van der Waals surface area contributed by atoms with Crippen LogP contribution in [-0.4, -0.2) is 73.7 Å². The summed E-state index contributed by atoms with van der Waals surface area (Å²) in [6.07, 6.45) is 3.34. The number of imidazole rings is 1. The Bertz CT molecular complexity index is 1960. The van der Waals surface area contributed by atoms with Crippen molar-refractivity contribution in [2.45, 2.75) is 117 Å². The molecule has 6 fully saturated rings. The molecule has 5 heterocycles. The van der Waals surface area contributed by atoms with Gasteiger partial charge in [-0.3, -0.25) is 14.8 Å². The van der Waals surface area contributed by atoms with Crippen molar-refractivity contribution in [3.8, 4) is 22.4 Å². The van der Waals surface area contributed by atoms with E-state index in [9.17, 15) is 9.59 Å². The number of likely N-dealkylation sites (tertiary alicyclic amines) is 1. The lowest BCUT2D eigenvalue weighted by Gasteiger charge is -2.29. The molecule has 2 aromatic carbocycles. The number of carbonyl (C=O) groups is 2. The molecule has 10 nitrogen and oxygen atoms in total. The highest BCUT2D eigenvalue weighted by Gasteiger charge is 3.02. The summed E-state index contributed by atoms with van der Waals surface area (Å²) in [5, 5.41) is 3.58. The largest absolute Gasteiger partial charge is 0.444 e. The number of hydrogen-bond donors (Lipinski definition) is 2. The fourth-order valence-corrected chi connectivity index (χ4v) is 10.2. The standard InChI is InChI=1S/C41H50N6O4/c1-37(2,3)50-35(48)46-28(18-39(7)19-29(39)46)32-42-20-26(44-32)24-14-10-22(11-15-24)23-12-16-25(17-13-23)27-21-43-33(45-27)30-31-40(8)34(41(31,40)9)47(30)36(49)51-38(4,5)6/h10-17,20,27-31,34H,18-19,21H2,1-9H3,(H,42,44)(H,43,45)/t27?,28-,29+,30-,31?,34-,39-,40+,41-/m0/s1. The summed E-state index contributed by atoms with van der Waals surface area (Å²) in [6.45, 7) is 19.1. The minimum Gasteiger partial charge on any atom is -0.444 e. The Hall–Kier alpha value is -4.34. The van der Waals surface area contributed by atoms with E-state index in [0.29, 0.717) is 5.92 Å². The van der Waals surface area contributed by atoms with Crippen LogP contribution in [0.4, 0.5) is 9.59 Å². The van der Waals surface area contributed by atoms with Gasteiger partial charge in [0.05, 0.1) is 23.8 Å². The van der Waals surface area contributed by atoms with E-state index in [1.165, 1.54) is 0 Å². The molecule has 3 saturated heterocycles. The summed E-state index contributed by atoms with van der Waals surface area (Å²) in [5.41, 5.74) is 4.68. The zero-order valence-corrected chi connectivity index (χ0v) is 31.2. The van der Waals surface area contributed by atoms with Gasteiger partial charge in [-0.05, 0) is 76.5 Å². The number of aromatic amines is 1. The lowest BCUT2D eigenvalue weighted by Crippen LogP contribution is -2.46. The summed E-state index contributed by atoms with van der Waals surface area (Å²) < 4.78 is 11.6. The highest BCUT2D eigenvalue weighted by Crippen LogP contribution is 2.96. The van der Waals surface area contributed by atoms with Crippen molar-refractivity contribution < 1.29 is 19.1 Å². The summed E-state index contributed by atoms with van der Waals surface area (Å²) in [4.78, 5) is 43.9. The van der Waals surface area contributed by atoms with Crippen LogP contribution in [0.2, 0.25) is 0 Å². The first-order valence-electron chi connectivity index (χ1n) is 18.5. The Morgan fingerprint density at radius 3 is 1.98 bits per heavy atom. The smallest absolute Gasteiger partial charge is 0.411 e. The molecule has 3 aliphatic carbocycles. The van der Waals surface area contributed by atoms with Crippen LogP contribution in [0.1, 0.15) is 98.6 Å². The number of hydrogen-bond acceptors (Lipinski definition) is 7. The van der Waals surface area contributed by atoms with Gasteiger partial charge in [0, 0.05) is 47.1 Å². The average Bonchev–Trinajstić information content (AvgIpc) is 3.59. The first kappa shape index (κ1) is 32.6. The van der Waals surface area contributed by atoms with E-state index in [4.69, 9.17) is 19.5 Å². The van der Waals surface area contributed by atoms with Gasteiger partial charge in [-0.2, -0.15) is 0 Å². The maximum absolute atomic E-state index is 13.3. The number of nitrogens with one attached hydrogen (secondary N) is 2. The van der Waals surface area contributed by atoms with E-state index in [2.05, 4.69) is 79.6 Å². The molecule has 2 bridgehead atoms. The SMILES string of the molecule is CC(C)(C)OC(=O)N1[C@H](C2=NC(c3ccc(-c4ccc(-c5c[nH]c([C@@H]6C[C@@]7(C)C[C@H]7N6C(=O)OC(C)(C)C)n5)cc4)cc3)CN2)C2[C@@]3(C)[C@@H]1[C@@]23C. The molecule has 0 radical (unpaired) electrons. The number of fused-ring (bicyclic) bond motifs is 2. The molecule has 51 heavy (non-hydrogen) atoms. The first-order chi connectivity index (χ1) is 23.9. The first-order valence-corrected chi connectivity index (χ1v) is 18.5. The lowest BCUT2D eigenvalue weighted by atomic mass is 9.99. The minimum absolute atomic E-state index is 0.00113. The third kappa shape index (κ3) is 4.80. The number of benzene rings is 2. The summed E-state index contributed by atoms with van der Waals surface area (Å²) in [7, 11) is 0. The Morgan fingerprint density at radius 1 is 0.804 bits per heavy atom. The highest BCUT2D eigenvalue weighted by molar-refractivity contribution is 5.96. The van der Waals surface area contributed by atoms with Gasteiger partial charge in [-0.25, -0.2) is 14.6 Å². The van der Waals surface area contributed by atoms with Crippen LogP contribution in [0.5, 0.6) is 0 Å². The fourth-order valence-electron chi connectivity index (χ4n) is 10.2. The molecule has 0 spiro atoms. The fraction of sp³-hybridized carbons (Fsp3) is 0.561. The van der Waals surface area contributed by atoms with Gasteiger partial charge in [-0.15, -0.1) is 0 Å². The van der Waals surface area contributed by atoms with Gasteiger partial charge in [0.2, 0.25) is 0 Å². The average molecular weight is 691 g/mol. The van der Waals surface area contributed by atoms with Gasteiger partial charge < -0.3 is 19.8 Å². The number of amidine groups is 1. The molecule has 268 valence electrons. The molecule has 3 aromatic rings. The van der Waals surface area contributed by atoms with Gasteiger partial charge in [-0.1, -0.05) is 69.3 Å². The molecule has 10 heteroatoms. The highest BCUT2D eigenvalue weighted by atomic mass is 16.6. The second-order valence-corrected chi connectivity index (χ2v) is 18.5. The summed E-state index contributed by atoms with van der Waals surface area (Å²) >= 11 is 0. The number of amides is 2. The van der Waals surface area contributed by atoms with Crippen molar-refractivity contribution in [3.05, 3.63) is 66.1 Å². The molecule has 3 saturated carbocycles. The Morgan fingerprint density at radius 2 is 1.37 bits per heavy atom. The topological polar surface area (TPSA) is 112 Å². The molecule has 2 unspecified atom stereocenters. The number of H-pyrrole nitrogens is 1. The Labute approximate surface area is 300 Å². The number of nitrogens with zero attached hydrogens (tertiary/aromatic N) is 4. The second-order valence-electron chi connectivity index (χ2n) is 18.5. The minimum atomic E-state index is -0.544. The van der Waals surface area contributed by atoms with Crippen LogP contribution in [0.25, 0.3) is 22.4 Å². The van der Waals surface area contributed by atoms with Crippen LogP contribution in [0.3, 0.4) is 0 Å². The van der Waals surface area contributed by atoms with Gasteiger partial charge >= 0.3 is 12.2 Å². The number of rotatable bonds is 5. The van der Waals surface area contributed by atoms with Crippen LogP contribution >= 0.6 is 0 Å². The third-order valence-corrected chi connectivity index (χ3v) is 12.9. The molecule has 10 rings (SSSR count). The number of aromatic nitrogens is 2. The zero-order valence-electron chi connectivity index (χ0n) is 31.2. The van der Waals surface area contributed by atoms with Crippen LogP contribution in [-0.2, 0) is 9.47 Å². The van der Waals surface area contributed by atoms with E-state index in [1.54, 1.807) is 0 Å². The quantitative estimate of drug-likeness (QED) is 0.282. The van der Waals surface area contributed by atoms with Crippen molar-refractivity contribution in [2.24, 2.45) is 27.2 Å². The summed E-state index contributed by atoms with van der Waals surface area (Å²) in [5.74, 6) is 2.15. The Balaban J connectivity index is 0.877. The molecule has 7 aliphatic rings. The predicted molar refractivity (Wildman–Crippen MR) is 195 cm³/mol. The number of ether oxygens (including phenoxy) is 2. The molecular weight excluding hydrogens is 640 g/mol. The van der Waals surface area contributed by atoms with E-state index in [-0.39, 0.29) is 58.6 Å². The van der Waals surface area contributed by atoms with Crippen molar-refractivity contribution in [1.29, 1.82) is 0 Å². The van der Waals surface area contributed by atoms with Gasteiger partial charge in [0.25, 0.3) is 0 Å². The third-order valence-electron chi connectivity index (χ3n) is 12.9. The monoisotopic (exact) mass is 690 g/mol. The molecule has 2 N–H and O–H groups in total. The van der Waals surface area contributed by atoms with Gasteiger partial charge in [0.15, 0.2) is 0 Å². The van der Waals surface area contributed by atoms with Crippen molar-refractivity contribution in [2.75, 3.05) is 6.54 Å². The second kappa shape index (κ2) is 10.2. The molecule has 9 atom stereocenters. The number of aliphatic imine (C=N–C) groups is 1. The Kier molecular flexibility index (Phi) is 6.49. The van der Waals surface area contributed by atoms with E-state index in [0.717, 1.165) is 59.0 Å². The number of piperidine rings is 2. The van der Waals surface area contributed by atoms with Crippen molar-refractivity contribution >= 4 is 18.0 Å². The van der Waals surface area contributed by atoms with Crippen molar-refractivity contribution in [1.82, 2.24) is 25.1 Å². The van der Waals surface area contributed by atoms with Gasteiger partial charge in [0.1, 0.15) is 22.9 Å². The molecular formula is C41H50N6O4. The van der Waals surface area contributed by atoms with Crippen LogP contribution in [0, 0.1) is 22.2 Å². The van der Waals surface area contributed by atoms with E-state index >= 15 is 0 Å². The molecule has 2 amide bonds.